The number of methoxy groups -OCH3 is 1. The van der Waals surface area contributed by atoms with Crippen molar-refractivity contribution in [2.75, 3.05) is 18.6 Å². The Labute approximate surface area is 186 Å². The first-order valence-corrected chi connectivity index (χ1v) is 12.6. The minimum absolute atomic E-state index is 0.186. The number of carbonyl (C=O) groups is 1. The summed E-state index contributed by atoms with van der Waals surface area (Å²) in [5.74, 6) is 1.74. The normalized spacial score (nSPS) is 21.4. The molecule has 1 fully saturated rings. The SMILES string of the molecule is COC(=O)/C=c1\sc2n(c1=O)[C@@H](c1ccccc1)C1=C(N=2)C(=C2SCCS2)CCC1. The van der Waals surface area contributed by atoms with Gasteiger partial charge in [-0.3, -0.25) is 9.36 Å². The smallest absolute Gasteiger partial charge is 0.332 e. The maximum atomic E-state index is 13.3. The van der Waals surface area contributed by atoms with Gasteiger partial charge >= 0.3 is 5.97 Å². The topological polar surface area (TPSA) is 60.7 Å². The molecule has 0 unspecified atom stereocenters. The summed E-state index contributed by atoms with van der Waals surface area (Å²) in [4.78, 5) is 30.7. The molecule has 0 spiro atoms. The summed E-state index contributed by atoms with van der Waals surface area (Å²) < 4.78 is 8.24. The predicted molar refractivity (Wildman–Crippen MR) is 123 cm³/mol. The van der Waals surface area contributed by atoms with Gasteiger partial charge in [-0.1, -0.05) is 41.7 Å². The van der Waals surface area contributed by atoms with Gasteiger partial charge in [0.25, 0.3) is 5.56 Å². The van der Waals surface area contributed by atoms with E-state index in [4.69, 9.17) is 9.73 Å². The number of thiazole rings is 1. The van der Waals surface area contributed by atoms with Gasteiger partial charge in [-0.25, -0.2) is 9.79 Å². The molecule has 5 rings (SSSR count). The Morgan fingerprint density at radius 2 is 1.97 bits per heavy atom. The fourth-order valence-corrected chi connectivity index (χ4v) is 7.75. The lowest BCUT2D eigenvalue weighted by atomic mass is 9.85. The van der Waals surface area contributed by atoms with Gasteiger partial charge in [0, 0.05) is 21.8 Å². The van der Waals surface area contributed by atoms with Crippen molar-refractivity contribution < 1.29 is 9.53 Å². The monoisotopic (exact) mass is 456 g/mol. The molecule has 1 saturated heterocycles. The maximum absolute atomic E-state index is 13.3. The second-order valence-corrected chi connectivity index (χ2v) is 10.7. The zero-order valence-electron chi connectivity index (χ0n) is 16.4. The van der Waals surface area contributed by atoms with Crippen molar-refractivity contribution in [2.45, 2.75) is 25.3 Å². The minimum Gasteiger partial charge on any atom is -0.466 e. The molecule has 1 aliphatic carbocycles. The number of thioether (sulfide) groups is 2. The highest BCUT2D eigenvalue weighted by Crippen LogP contribution is 2.47. The molecule has 3 aliphatic rings. The molecule has 1 aromatic carbocycles. The number of fused-ring (bicyclic) bond motifs is 1. The van der Waals surface area contributed by atoms with E-state index in [-0.39, 0.29) is 11.6 Å². The zero-order valence-corrected chi connectivity index (χ0v) is 18.9. The molecule has 0 radical (unpaired) electrons. The van der Waals surface area contributed by atoms with Gasteiger partial charge in [-0.05, 0) is 36.0 Å². The largest absolute Gasteiger partial charge is 0.466 e. The molecule has 2 aliphatic heterocycles. The third-order valence-electron chi connectivity index (χ3n) is 5.46. The lowest BCUT2D eigenvalue weighted by Crippen LogP contribution is -2.39. The van der Waals surface area contributed by atoms with Crippen molar-refractivity contribution in [3.63, 3.8) is 0 Å². The van der Waals surface area contributed by atoms with E-state index in [0.717, 1.165) is 42.0 Å². The first-order chi connectivity index (χ1) is 14.7. The zero-order chi connectivity index (χ0) is 20.7. The molecule has 8 heteroatoms. The lowest BCUT2D eigenvalue weighted by Gasteiger charge is -2.31. The number of carbonyl (C=O) groups excluding carboxylic acids is 1. The molecule has 3 heterocycles. The minimum atomic E-state index is -0.526. The standard InChI is InChI=1S/C22H20N2O3S3/c1-27-17(25)12-16-20(26)24-19(13-6-3-2-4-7-13)14-8-5-9-15(21-28-10-11-29-21)18(14)23-22(24)30-16/h2-4,6-7,12,19H,5,8-11H2,1H3/b16-12-/t19-/m0/s1. The van der Waals surface area contributed by atoms with Crippen molar-refractivity contribution >= 4 is 46.9 Å². The molecule has 154 valence electrons. The fraction of sp³-hybridized carbons (Fsp3) is 0.318. The van der Waals surface area contributed by atoms with Crippen LogP contribution in [0.15, 0.2) is 61.2 Å². The van der Waals surface area contributed by atoms with E-state index >= 15 is 0 Å². The molecule has 30 heavy (non-hydrogen) atoms. The maximum Gasteiger partial charge on any atom is 0.332 e. The number of nitrogens with zero attached hydrogens (tertiary/aromatic N) is 2. The van der Waals surface area contributed by atoms with E-state index in [1.54, 1.807) is 4.57 Å². The van der Waals surface area contributed by atoms with E-state index < -0.39 is 5.97 Å². The van der Waals surface area contributed by atoms with E-state index in [1.165, 1.54) is 39.9 Å². The van der Waals surface area contributed by atoms with E-state index in [0.29, 0.717) is 9.33 Å². The van der Waals surface area contributed by atoms with E-state index in [2.05, 4.69) is 12.1 Å². The number of hydrogen-bond acceptors (Lipinski definition) is 7. The molecular weight excluding hydrogens is 436 g/mol. The van der Waals surface area contributed by atoms with Crippen molar-refractivity contribution in [3.05, 3.63) is 76.7 Å². The predicted octanol–water partition coefficient (Wildman–Crippen LogP) is 3.22. The Hall–Kier alpha value is -2.03. The molecule has 2 aromatic rings. The number of rotatable bonds is 2. The Morgan fingerprint density at radius 3 is 2.70 bits per heavy atom. The number of hydrogen-bond donors (Lipinski definition) is 0. The third kappa shape index (κ3) is 3.40. The quantitative estimate of drug-likeness (QED) is 0.650. The van der Waals surface area contributed by atoms with Crippen molar-refractivity contribution in [1.82, 2.24) is 4.57 Å². The molecule has 5 nitrogen and oxygen atoms in total. The number of benzene rings is 1. The number of allylic oxidation sites excluding steroid dienone is 2. The Kier molecular flexibility index (Phi) is 5.47. The van der Waals surface area contributed by atoms with Crippen LogP contribution >= 0.6 is 34.9 Å². The van der Waals surface area contributed by atoms with Crippen LogP contribution < -0.4 is 14.9 Å². The first-order valence-electron chi connectivity index (χ1n) is 9.84. The number of esters is 1. The van der Waals surface area contributed by atoms with Gasteiger partial charge in [0.2, 0.25) is 0 Å². The highest BCUT2D eigenvalue weighted by Gasteiger charge is 2.33. The molecule has 1 atom stereocenters. The highest BCUT2D eigenvalue weighted by molar-refractivity contribution is 8.25. The Bertz CT molecular complexity index is 1250. The van der Waals surface area contributed by atoms with Crippen molar-refractivity contribution in [1.29, 1.82) is 0 Å². The highest BCUT2D eigenvalue weighted by atomic mass is 32.2. The summed E-state index contributed by atoms with van der Waals surface area (Å²) in [7, 11) is 1.32. The van der Waals surface area contributed by atoms with Crippen LogP contribution in [0.1, 0.15) is 30.9 Å². The van der Waals surface area contributed by atoms with Crippen LogP contribution in [-0.2, 0) is 9.53 Å². The molecule has 0 bridgehead atoms. The van der Waals surface area contributed by atoms with Gasteiger partial charge < -0.3 is 4.74 Å². The summed E-state index contributed by atoms with van der Waals surface area (Å²) in [6.07, 6.45) is 4.28. The summed E-state index contributed by atoms with van der Waals surface area (Å²) in [5.41, 5.74) is 4.48. The van der Waals surface area contributed by atoms with Crippen LogP contribution in [-0.4, -0.2) is 29.2 Å². The molecular formula is C22H20N2O3S3. The van der Waals surface area contributed by atoms with Crippen LogP contribution in [0.5, 0.6) is 0 Å². The van der Waals surface area contributed by atoms with Crippen LogP contribution in [0.4, 0.5) is 0 Å². The molecule has 0 amide bonds. The van der Waals surface area contributed by atoms with Crippen LogP contribution in [0.3, 0.4) is 0 Å². The number of aromatic nitrogens is 1. The van der Waals surface area contributed by atoms with Gasteiger partial charge in [0.1, 0.15) is 4.53 Å². The van der Waals surface area contributed by atoms with Crippen LogP contribution in [0, 0.1) is 0 Å². The lowest BCUT2D eigenvalue weighted by molar-refractivity contribution is -0.133. The van der Waals surface area contributed by atoms with E-state index in [9.17, 15) is 9.59 Å². The number of ether oxygens (including phenoxy) is 1. The fourth-order valence-electron chi connectivity index (χ4n) is 4.17. The molecule has 0 saturated carbocycles. The van der Waals surface area contributed by atoms with Crippen molar-refractivity contribution in [3.8, 4) is 0 Å². The van der Waals surface area contributed by atoms with Crippen molar-refractivity contribution in [2.24, 2.45) is 4.99 Å². The van der Waals surface area contributed by atoms with Gasteiger partial charge in [0.15, 0.2) is 4.80 Å². The molecule has 0 N–H and O–H groups in total. The van der Waals surface area contributed by atoms with Crippen LogP contribution in [0.2, 0.25) is 0 Å². The molecule has 1 aromatic heterocycles. The first kappa shape index (κ1) is 19.9. The second-order valence-electron chi connectivity index (χ2n) is 7.21. The summed E-state index contributed by atoms with van der Waals surface area (Å²) in [5, 5.41) is 0. The average Bonchev–Trinajstić information content (AvgIpc) is 3.41. The van der Waals surface area contributed by atoms with E-state index in [1.807, 2.05) is 41.7 Å². The summed E-state index contributed by atoms with van der Waals surface area (Å²) in [6.45, 7) is 0. The van der Waals surface area contributed by atoms with Crippen LogP contribution in [0.25, 0.3) is 6.08 Å². The van der Waals surface area contributed by atoms with Gasteiger partial charge in [-0.2, -0.15) is 0 Å². The Morgan fingerprint density at radius 1 is 1.20 bits per heavy atom. The summed E-state index contributed by atoms with van der Waals surface area (Å²) >= 11 is 5.10. The Balaban J connectivity index is 1.79. The van der Waals surface area contributed by atoms with Gasteiger partial charge in [-0.15, -0.1) is 23.5 Å². The van der Waals surface area contributed by atoms with Gasteiger partial charge in [0.05, 0.1) is 18.8 Å². The summed E-state index contributed by atoms with van der Waals surface area (Å²) in [6, 6.07) is 9.94. The third-order valence-corrected chi connectivity index (χ3v) is 9.24. The average molecular weight is 457 g/mol. The second kappa shape index (κ2) is 8.24.